The minimum atomic E-state index is -0.615. The molecule has 0 saturated carbocycles. The van der Waals surface area contributed by atoms with E-state index in [1.807, 2.05) is 0 Å². The van der Waals surface area contributed by atoms with Crippen LogP contribution in [0.3, 0.4) is 0 Å². The average Bonchev–Trinajstić information content (AvgIpc) is 1.89. The second-order valence-electron chi connectivity index (χ2n) is 1.67. The molecule has 4 heteroatoms. The second-order valence-corrected chi connectivity index (χ2v) is 1.67. The van der Waals surface area contributed by atoms with E-state index >= 15 is 0 Å². The van der Waals surface area contributed by atoms with Gasteiger partial charge in [-0.05, 0) is 19.9 Å². The number of hydrogen-bond donors (Lipinski definition) is 1. The SMILES string of the molecule is CCOC(=O)OCCCN. The van der Waals surface area contributed by atoms with Crippen LogP contribution in [0.1, 0.15) is 13.3 Å². The number of ether oxygens (including phenoxy) is 2. The molecule has 0 fully saturated rings. The Morgan fingerprint density at radius 1 is 1.50 bits per heavy atom. The van der Waals surface area contributed by atoms with Gasteiger partial charge in [0.1, 0.15) is 0 Å². The van der Waals surface area contributed by atoms with E-state index < -0.39 is 6.16 Å². The van der Waals surface area contributed by atoms with Gasteiger partial charge in [-0.2, -0.15) is 0 Å². The van der Waals surface area contributed by atoms with E-state index in [-0.39, 0.29) is 0 Å². The number of carbonyl (C=O) groups is 1. The van der Waals surface area contributed by atoms with Crippen LogP contribution < -0.4 is 5.73 Å². The first-order valence-corrected chi connectivity index (χ1v) is 3.31. The molecule has 0 aliphatic heterocycles. The van der Waals surface area contributed by atoms with Crippen molar-refractivity contribution in [1.82, 2.24) is 0 Å². The summed E-state index contributed by atoms with van der Waals surface area (Å²) in [5.41, 5.74) is 5.16. The van der Waals surface area contributed by atoms with Gasteiger partial charge in [0.15, 0.2) is 0 Å². The zero-order chi connectivity index (χ0) is 7.82. The van der Waals surface area contributed by atoms with Crippen molar-refractivity contribution in [2.75, 3.05) is 19.8 Å². The van der Waals surface area contributed by atoms with E-state index in [0.717, 1.165) is 0 Å². The highest BCUT2D eigenvalue weighted by Crippen LogP contribution is 1.85. The minimum Gasteiger partial charge on any atom is -0.435 e. The Bertz CT molecular complexity index is 95.0. The van der Waals surface area contributed by atoms with E-state index in [1.165, 1.54) is 0 Å². The maximum atomic E-state index is 10.4. The molecule has 10 heavy (non-hydrogen) atoms. The van der Waals surface area contributed by atoms with Crippen LogP contribution in [0.15, 0.2) is 0 Å². The lowest BCUT2D eigenvalue weighted by Crippen LogP contribution is -2.10. The topological polar surface area (TPSA) is 61.5 Å². The molecule has 0 spiro atoms. The van der Waals surface area contributed by atoms with Crippen LogP contribution in [-0.4, -0.2) is 25.9 Å². The van der Waals surface area contributed by atoms with Gasteiger partial charge in [-0.3, -0.25) is 0 Å². The van der Waals surface area contributed by atoms with E-state index in [2.05, 4.69) is 9.47 Å². The molecule has 0 amide bonds. The Balaban J connectivity index is 3.05. The molecule has 0 aliphatic rings. The van der Waals surface area contributed by atoms with Gasteiger partial charge in [0.25, 0.3) is 0 Å². The average molecular weight is 147 g/mol. The normalized spacial score (nSPS) is 9.00. The zero-order valence-electron chi connectivity index (χ0n) is 6.13. The summed E-state index contributed by atoms with van der Waals surface area (Å²) in [5.74, 6) is 0. The summed E-state index contributed by atoms with van der Waals surface area (Å²) < 4.78 is 9.07. The lowest BCUT2D eigenvalue weighted by molar-refractivity contribution is 0.0588. The summed E-state index contributed by atoms with van der Waals surface area (Å²) in [6.07, 6.45) is 0.0645. The maximum Gasteiger partial charge on any atom is 0.508 e. The highest BCUT2D eigenvalue weighted by Gasteiger charge is 1.98. The molecule has 0 saturated heterocycles. The van der Waals surface area contributed by atoms with Crippen molar-refractivity contribution in [2.24, 2.45) is 5.73 Å². The van der Waals surface area contributed by atoms with Crippen LogP contribution >= 0.6 is 0 Å². The number of nitrogens with two attached hydrogens (primary N) is 1. The molecule has 2 N–H and O–H groups in total. The third-order valence-electron chi connectivity index (χ3n) is 0.831. The van der Waals surface area contributed by atoms with Gasteiger partial charge in [0, 0.05) is 0 Å². The third-order valence-corrected chi connectivity index (χ3v) is 0.831. The number of hydrogen-bond acceptors (Lipinski definition) is 4. The van der Waals surface area contributed by atoms with Crippen molar-refractivity contribution in [1.29, 1.82) is 0 Å². The second kappa shape index (κ2) is 6.35. The van der Waals surface area contributed by atoms with E-state index in [4.69, 9.17) is 5.73 Å². The van der Waals surface area contributed by atoms with Gasteiger partial charge in [-0.15, -0.1) is 0 Å². The quantitative estimate of drug-likeness (QED) is 0.465. The van der Waals surface area contributed by atoms with Crippen LogP contribution in [-0.2, 0) is 9.47 Å². The van der Waals surface area contributed by atoms with Crippen LogP contribution in [0, 0.1) is 0 Å². The van der Waals surface area contributed by atoms with Crippen LogP contribution in [0.4, 0.5) is 4.79 Å². The molecule has 0 bridgehead atoms. The van der Waals surface area contributed by atoms with Gasteiger partial charge in [-0.25, -0.2) is 4.79 Å². The van der Waals surface area contributed by atoms with Crippen molar-refractivity contribution >= 4 is 6.16 Å². The molecule has 4 nitrogen and oxygen atoms in total. The molecule has 0 unspecified atom stereocenters. The lowest BCUT2D eigenvalue weighted by atomic mass is 10.5. The summed E-state index contributed by atoms with van der Waals surface area (Å²) in [5, 5.41) is 0. The third kappa shape index (κ3) is 5.37. The summed E-state index contributed by atoms with van der Waals surface area (Å²) in [7, 11) is 0. The van der Waals surface area contributed by atoms with Gasteiger partial charge < -0.3 is 15.2 Å². The molecule has 0 heterocycles. The van der Waals surface area contributed by atoms with Gasteiger partial charge in [0.2, 0.25) is 0 Å². The summed E-state index contributed by atoms with van der Waals surface area (Å²) in [4.78, 5) is 10.4. The smallest absolute Gasteiger partial charge is 0.435 e. The molecular formula is C6H13NO3. The van der Waals surface area contributed by atoms with Crippen LogP contribution in [0.25, 0.3) is 0 Å². The first-order chi connectivity index (χ1) is 4.81. The fourth-order valence-corrected chi connectivity index (χ4v) is 0.398. The van der Waals surface area contributed by atoms with Crippen LogP contribution in [0.5, 0.6) is 0 Å². The summed E-state index contributed by atoms with van der Waals surface area (Å²) in [6, 6.07) is 0. The monoisotopic (exact) mass is 147 g/mol. The standard InChI is InChI=1S/C6H13NO3/c1-2-9-6(8)10-5-3-4-7/h2-5,7H2,1H3. The molecule has 0 atom stereocenters. The largest absolute Gasteiger partial charge is 0.508 e. The van der Waals surface area contributed by atoms with Crippen molar-refractivity contribution in [3.63, 3.8) is 0 Å². The summed E-state index contributed by atoms with van der Waals surface area (Å²) >= 11 is 0. The molecule has 0 aromatic heterocycles. The molecule has 60 valence electrons. The Morgan fingerprint density at radius 3 is 2.70 bits per heavy atom. The van der Waals surface area contributed by atoms with Crippen molar-refractivity contribution in [3.8, 4) is 0 Å². The fraction of sp³-hybridized carbons (Fsp3) is 0.833. The Kier molecular flexibility index (Phi) is 5.86. The molecular weight excluding hydrogens is 134 g/mol. The van der Waals surface area contributed by atoms with Gasteiger partial charge in [0.05, 0.1) is 13.2 Å². The minimum absolute atomic E-state index is 0.343. The highest BCUT2D eigenvalue weighted by atomic mass is 16.7. The maximum absolute atomic E-state index is 10.4. The zero-order valence-corrected chi connectivity index (χ0v) is 6.13. The Labute approximate surface area is 60.3 Å². The first kappa shape index (κ1) is 9.23. The van der Waals surface area contributed by atoms with Crippen molar-refractivity contribution in [3.05, 3.63) is 0 Å². The number of rotatable bonds is 4. The molecule has 0 aromatic carbocycles. The van der Waals surface area contributed by atoms with E-state index in [9.17, 15) is 4.79 Å². The Morgan fingerprint density at radius 2 is 2.20 bits per heavy atom. The molecule has 0 aromatic rings. The van der Waals surface area contributed by atoms with E-state index in [0.29, 0.717) is 26.2 Å². The summed E-state index contributed by atoms with van der Waals surface area (Å²) in [6.45, 7) is 2.94. The lowest BCUT2D eigenvalue weighted by Gasteiger charge is -2.01. The van der Waals surface area contributed by atoms with Crippen molar-refractivity contribution in [2.45, 2.75) is 13.3 Å². The predicted molar refractivity (Wildman–Crippen MR) is 36.6 cm³/mol. The van der Waals surface area contributed by atoms with Gasteiger partial charge >= 0.3 is 6.16 Å². The molecule has 0 aliphatic carbocycles. The van der Waals surface area contributed by atoms with E-state index in [1.54, 1.807) is 6.92 Å². The molecule has 0 radical (unpaired) electrons. The van der Waals surface area contributed by atoms with Crippen molar-refractivity contribution < 1.29 is 14.3 Å². The first-order valence-electron chi connectivity index (χ1n) is 3.31. The Hall–Kier alpha value is -0.770. The number of carbonyl (C=O) groups excluding carboxylic acids is 1. The predicted octanol–water partition coefficient (Wildman–Crippen LogP) is 0.508. The van der Waals surface area contributed by atoms with Gasteiger partial charge in [-0.1, -0.05) is 0 Å². The molecule has 0 rings (SSSR count). The fourth-order valence-electron chi connectivity index (χ4n) is 0.398. The van der Waals surface area contributed by atoms with Crippen LogP contribution in [0.2, 0.25) is 0 Å². The highest BCUT2D eigenvalue weighted by molar-refractivity contribution is 5.59.